The molecule has 1 heterocycles. The Hall–Kier alpha value is -3.58. The number of hydrogen-bond acceptors (Lipinski definition) is 7. The fraction of sp³-hybridized carbons (Fsp3) is 0.458. The van der Waals surface area contributed by atoms with Gasteiger partial charge in [0.05, 0.1) is 12.5 Å². The number of hydrogen-bond donors (Lipinski definition) is 8. The molecular formula is C24H34N6O6S. The number of aliphatic carboxylic acids is 1. The molecule has 0 aliphatic heterocycles. The van der Waals surface area contributed by atoms with E-state index in [0.717, 1.165) is 10.9 Å². The summed E-state index contributed by atoms with van der Waals surface area (Å²) in [4.78, 5) is 64.8. The van der Waals surface area contributed by atoms with Crippen LogP contribution in [0.3, 0.4) is 0 Å². The first-order valence-electron chi connectivity index (χ1n) is 11.8. The average molecular weight is 535 g/mol. The summed E-state index contributed by atoms with van der Waals surface area (Å²) < 4.78 is 0. The number of carboxylic acid groups (broad SMARTS) is 1. The second-order valence-electron chi connectivity index (χ2n) is 9.17. The zero-order chi connectivity index (χ0) is 27.7. The number of amides is 4. The van der Waals surface area contributed by atoms with E-state index in [1.54, 1.807) is 6.20 Å². The van der Waals surface area contributed by atoms with Crippen LogP contribution in [-0.2, 0) is 30.4 Å². The number of aromatic nitrogens is 1. The summed E-state index contributed by atoms with van der Waals surface area (Å²) in [5.74, 6) is -4.42. The van der Waals surface area contributed by atoms with Crippen LogP contribution in [0.5, 0.6) is 0 Å². The van der Waals surface area contributed by atoms with Crippen molar-refractivity contribution in [3.8, 4) is 0 Å². The Morgan fingerprint density at radius 2 is 1.57 bits per heavy atom. The van der Waals surface area contributed by atoms with Gasteiger partial charge in [0, 0.05) is 29.3 Å². The fourth-order valence-corrected chi connectivity index (χ4v) is 3.91. The number of carbonyl (C=O) groups excluding carboxylic acids is 4. The smallest absolute Gasteiger partial charge is 0.326 e. The van der Waals surface area contributed by atoms with Crippen molar-refractivity contribution in [1.29, 1.82) is 0 Å². The lowest BCUT2D eigenvalue weighted by Crippen LogP contribution is -2.58. The van der Waals surface area contributed by atoms with Gasteiger partial charge in [0.25, 0.3) is 0 Å². The Morgan fingerprint density at radius 3 is 2.16 bits per heavy atom. The molecule has 202 valence electrons. The van der Waals surface area contributed by atoms with Crippen molar-refractivity contribution in [1.82, 2.24) is 20.9 Å². The van der Waals surface area contributed by atoms with Gasteiger partial charge in [-0.1, -0.05) is 32.0 Å². The van der Waals surface area contributed by atoms with Gasteiger partial charge in [0.2, 0.25) is 23.6 Å². The quantitative estimate of drug-likeness (QED) is 0.148. The number of carbonyl (C=O) groups is 5. The van der Waals surface area contributed by atoms with Gasteiger partial charge >= 0.3 is 5.97 Å². The lowest BCUT2D eigenvalue weighted by Gasteiger charge is -2.25. The monoisotopic (exact) mass is 534 g/mol. The van der Waals surface area contributed by atoms with Gasteiger partial charge in [-0.3, -0.25) is 19.2 Å². The molecule has 1 aromatic heterocycles. The molecule has 0 saturated heterocycles. The summed E-state index contributed by atoms with van der Waals surface area (Å²) in [7, 11) is 0. The van der Waals surface area contributed by atoms with E-state index in [1.807, 2.05) is 38.1 Å². The second-order valence-corrected chi connectivity index (χ2v) is 9.54. The molecule has 0 aliphatic rings. The minimum atomic E-state index is -1.38. The summed E-state index contributed by atoms with van der Waals surface area (Å²) in [5.41, 5.74) is 12.4. The molecule has 9 N–H and O–H groups in total. The lowest BCUT2D eigenvalue weighted by atomic mass is 10.0. The third kappa shape index (κ3) is 8.79. The standard InChI is InChI=1S/C24H34N6O6S/c1-12(2)7-17(29-23(34)18(9-20(26)31)28-21(32)15(25)11-37)22(33)30-19(24(35)36)8-13-10-27-16-6-4-3-5-14(13)16/h3-6,10,12,15,17-19,27,37H,7-9,11,25H2,1-2H3,(H2,26,31)(H,28,32)(H,29,34)(H,30,33)(H,35,36). The van der Waals surface area contributed by atoms with Crippen LogP contribution in [0.4, 0.5) is 0 Å². The van der Waals surface area contributed by atoms with Crippen LogP contribution in [0.15, 0.2) is 30.5 Å². The third-order valence-electron chi connectivity index (χ3n) is 5.63. The van der Waals surface area contributed by atoms with Crippen LogP contribution in [-0.4, -0.2) is 69.6 Å². The van der Waals surface area contributed by atoms with Crippen LogP contribution in [0.1, 0.15) is 32.3 Å². The maximum absolute atomic E-state index is 13.1. The second kappa shape index (κ2) is 13.7. The first kappa shape index (κ1) is 29.6. The van der Waals surface area contributed by atoms with E-state index in [0.29, 0.717) is 5.56 Å². The first-order valence-corrected chi connectivity index (χ1v) is 12.4. The molecular weight excluding hydrogens is 500 g/mol. The summed E-state index contributed by atoms with van der Waals surface area (Å²) in [6.07, 6.45) is 1.35. The van der Waals surface area contributed by atoms with Crippen molar-refractivity contribution >= 4 is 53.1 Å². The van der Waals surface area contributed by atoms with Gasteiger partial charge in [-0.15, -0.1) is 0 Å². The maximum atomic E-state index is 13.1. The van der Waals surface area contributed by atoms with Gasteiger partial charge < -0.3 is 37.5 Å². The Kier molecular flexibility index (Phi) is 10.9. The van der Waals surface area contributed by atoms with Crippen molar-refractivity contribution < 1.29 is 29.1 Å². The predicted octanol–water partition coefficient (Wildman–Crippen LogP) is -0.572. The summed E-state index contributed by atoms with van der Waals surface area (Å²) >= 11 is 3.94. The third-order valence-corrected chi connectivity index (χ3v) is 6.02. The lowest BCUT2D eigenvalue weighted by molar-refractivity contribution is -0.142. The number of para-hydroxylation sites is 1. The molecule has 2 rings (SSSR count). The van der Waals surface area contributed by atoms with Gasteiger partial charge in [-0.25, -0.2) is 4.79 Å². The normalized spacial score (nSPS) is 14.4. The van der Waals surface area contributed by atoms with E-state index in [4.69, 9.17) is 11.5 Å². The number of benzene rings is 1. The van der Waals surface area contributed by atoms with Crippen LogP contribution < -0.4 is 27.4 Å². The number of nitrogens with one attached hydrogen (secondary N) is 4. The minimum Gasteiger partial charge on any atom is -0.480 e. The summed E-state index contributed by atoms with van der Waals surface area (Å²) in [5, 5.41) is 18.0. The van der Waals surface area contributed by atoms with E-state index in [2.05, 4.69) is 33.6 Å². The number of thiol groups is 1. The van der Waals surface area contributed by atoms with Gasteiger partial charge in [-0.2, -0.15) is 12.6 Å². The molecule has 1 aromatic carbocycles. The molecule has 0 aliphatic carbocycles. The first-order chi connectivity index (χ1) is 17.4. The molecule has 0 radical (unpaired) electrons. The number of nitrogens with two attached hydrogens (primary N) is 2. The van der Waals surface area contributed by atoms with Crippen molar-refractivity contribution in [3.63, 3.8) is 0 Å². The van der Waals surface area contributed by atoms with E-state index in [-0.39, 0.29) is 24.5 Å². The Bertz CT molecular complexity index is 1140. The van der Waals surface area contributed by atoms with Crippen LogP contribution in [0.25, 0.3) is 10.9 Å². The SMILES string of the molecule is CC(C)CC(NC(=O)C(CC(N)=O)NC(=O)C(N)CS)C(=O)NC(Cc1c[nH]c2ccccc12)C(=O)O. The summed E-state index contributed by atoms with van der Waals surface area (Å²) in [6, 6.07) is 2.56. The fourth-order valence-electron chi connectivity index (χ4n) is 3.74. The number of rotatable bonds is 14. The van der Waals surface area contributed by atoms with Crippen LogP contribution in [0, 0.1) is 5.92 Å². The number of H-pyrrole nitrogens is 1. The average Bonchev–Trinajstić information content (AvgIpc) is 3.24. The highest BCUT2D eigenvalue weighted by molar-refractivity contribution is 7.80. The molecule has 4 atom stereocenters. The van der Waals surface area contributed by atoms with E-state index >= 15 is 0 Å². The molecule has 0 fully saturated rings. The van der Waals surface area contributed by atoms with E-state index < -0.39 is 60.2 Å². The largest absolute Gasteiger partial charge is 0.480 e. The number of aromatic amines is 1. The highest BCUT2D eigenvalue weighted by atomic mass is 32.1. The van der Waals surface area contributed by atoms with Crippen molar-refractivity contribution in [2.75, 3.05) is 5.75 Å². The number of fused-ring (bicyclic) bond motifs is 1. The zero-order valence-electron chi connectivity index (χ0n) is 20.7. The number of primary amides is 1. The van der Waals surface area contributed by atoms with Gasteiger partial charge in [-0.05, 0) is 24.0 Å². The molecule has 4 unspecified atom stereocenters. The van der Waals surface area contributed by atoms with Crippen LogP contribution in [0.2, 0.25) is 0 Å². The van der Waals surface area contributed by atoms with Gasteiger partial charge in [0.15, 0.2) is 0 Å². The molecule has 0 spiro atoms. The van der Waals surface area contributed by atoms with E-state index in [9.17, 15) is 29.1 Å². The zero-order valence-corrected chi connectivity index (χ0v) is 21.6. The maximum Gasteiger partial charge on any atom is 0.326 e. The topological polar surface area (TPSA) is 209 Å². The molecule has 4 amide bonds. The molecule has 0 bridgehead atoms. The Balaban J connectivity index is 2.19. The molecule has 0 saturated carbocycles. The molecule has 37 heavy (non-hydrogen) atoms. The van der Waals surface area contributed by atoms with Crippen molar-refractivity contribution in [2.24, 2.45) is 17.4 Å². The highest BCUT2D eigenvalue weighted by Crippen LogP contribution is 2.19. The molecule has 12 nitrogen and oxygen atoms in total. The molecule has 13 heteroatoms. The highest BCUT2D eigenvalue weighted by Gasteiger charge is 2.31. The van der Waals surface area contributed by atoms with Gasteiger partial charge in [0.1, 0.15) is 18.1 Å². The number of carboxylic acids is 1. The van der Waals surface area contributed by atoms with Crippen molar-refractivity contribution in [3.05, 3.63) is 36.0 Å². The predicted molar refractivity (Wildman–Crippen MR) is 141 cm³/mol. The Morgan fingerprint density at radius 1 is 0.973 bits per heavy atom. The van der Waals surface area contributed by atoms with E-state index in [1.165, 1.54) is 0 Å². The van der Waals surface area contributed by atoms with Crippen LogP contribution >= 0.6 is 12.6 Å². The Labute approximate surface area is 219 Å². The molecule has 2 aromatic rings. The minimum absolute atomic E-state index is 0.00211. The summed E-state index contributed by atoms with van der Waals surface area (Å²) in [6.45, 7) is 3.64. The van der Waals surface area contributed by atoms with Crippen molar-refractivity contribution in [2.45, 2.75) is 57.3 Å².